The van der Waals surface area contributed by atoms with Crippen molar-refractivity contribution in [1.82, 2.24) is 9.55 Å². The first-order valence-electron chi connectivity index (χ1n) is 4.08. The highest BCUT2D eigenvalue weighted by molar-refractivity contribution is 5.66. The molecule has 0 aliphatic carbocycles. The van der Waals surface area contributed by atoms with Crippen molar-refractivity contribution in [2.75, 3.05) is 0 Å². The normalized spacial score (nSPS) is 12.7. The molecule has 1 atom stereocenters. The molecule has 0 aliphatic rings. The molecule has 1 heterocycles. The van der Waals surface area contributed by atoms with E-state index in [4.69, 9.17) is 5.11 Å². The maximum Gasteiger partial charge on any atom is 0.325 e. The van der Waals surface area contributed by atoms with Gasteiger partial charge in [-0.3, -0.25) is 9.36 Å². The number of rotatable bonds is 4. The van der Waals surface area contributed by atoms with Gasteiger partial charge >= 0.3 is 11.7 Å². The first kappa shape index (κ1) is 9.57. The molecule has 0 amide bonds. The topological polar surface area (TPSA) is 75.1 Å². The van der Waals surface area contributed by atoms with Gasteiger partial charge in [0.05, 0.1) is 0 Å². The summed E-state index contributed by atoms with van der Waals surface area (Å²) in [5, 5.41) is 8.43. The minimum Gasteiger partial charge on any atom is -0.481 e. The van der Waals surface area contributed by atoms with Gasteiger partial charge in [-0.25, -0.2) is 4.79 Å². The van der Waals surface area contributed by atoms with Crippen molar-refractivity contribution >= 4 is 5.97 Å². The molecule has 1 aromatic heterocycles. The van der Waals surface area contributed by atoms with Gasteiger partial charge in [-0.2, -0.15) is 0 Å². The van der Waals surface area contributed by atoms with E-state index in [0.29, 0.717) is 6.42 Å². The second-order valence-corrected chi connectivity index (χ2v) is 2.95. The summed E-state index contributed by atoms with van der Waals surface area (Å²) in [6.45, 7) is 1.82. The van der Waals surface area contributed by atoms with Gasteiger partial charge in [0, 0.05) is 24.9 Å². The van der Waals surface area contributed by atoms with Gasteiger partial charge in [0.2, 0.25) is 0 Å². The molecule has 2 N–H and O–H groups in total. The van der Waals surface area contributed by atoms with Crippen LogP contribution in [0.4, 0.5) is 0 Å². The third kappa shape index (κ3) is 2.47. The highest BCUT2D eigenvalue weighted by Gasteiger charge is 2.08. The third-order valence-corrected chi connectivity index (χ3v) is 1.93. The highest BCUT2D eigenvalue weighted by atomic mass is 16.4. The summed E-state index contributed by atoms with van der Waals surface area (Å²) in [5.41, 5.74) is -0.196. The van der Waals surface area contributed by atoms with E-state index >= 15 is 0 Å². The Morgan fingerprint density at radius 3 is 2.92 bits per heavy atom. The molecule has 0 saturated heterocycles. The quantitative estimate of drug-likeness (QED) is 0.719. The van der Waals surface area contributed by atoms with Crippen molar-refractivity contribution in [1.29, 1.82) is 0 Å². The van der Waals surface area contributed by atoms with Crippen LogP contribution in [0.5, 0.6) is 0 Å². The number of H-pyrrole nitrogens is 1. The number of aliphatic carboxylic acids is 1. The zero-order valence-electron chi connectivity index (χ0n) is 7.36. The van der Waals surface area contributed by atoms with Gasteiger partial charge in [-0.15, -0.1) is 0 Å². The van der Waals surface area contributed by atoms with Crippen LogP contribution in [0.25, 0.3) is 0 Å². The van der Waals surface area contributed by atoms with Gasteiger partial charge in [0.25, 0.3) is 0 Å². The average molecular weight is 184 g/mol. The lowest BCUT2D eigenvalue weighted by Gasteiger charge is -2.09. The van der Waals surface area contributed by atoms with E-state index in [1.54, 1.807) is 12.4 Å². The fourth-order valence-corrected chi connectivity index (χ4v) is 1.15. The van der Waals surface area contributed by atoms with Crippen molar-refractivity contribution in [2.45, 2.75) is 25.8 Å². The number of nitrogens with one attached hydrogen (secondary N) is 1. The lowest BCUT2D eigenvalue weighted by atomic mass is 10.2. The molecule has 0 spiro atoms. The maximum atomic E-state index is 11.1. The summed E-state index contributed by atoms with van der Waals surface area (Å²) < 4.78 is 1.49. The molecule has 1 unspecified atom stereocenters. The van der Waals surface area contributed by atoms with Crippen LogP contribution in [0, 0.1) is 0 Å². The van der Waals surface area contributed by atoms with Crippen LogP contribution in [0.3, 0.4) is 0 Å². The molecule has 72 valence electrons. The molecule has 0 radical (unpaired) electrons. The maximum absolute atomic E-state index is 11.1. The zero-order valence-corrected chi connectivity index (χ0v) is 7.36. The predicted molar refractivity (Wildman–Crippen MR) is 46.6 cm³/mol. The molecule has 0 saturated carbocycles. The van der Waals surface area contributed by atoms with Crippen LogP contribution in [-0.4, -0.2) is 20.6 Å². The SMILES string of the molecule is CC(CCC(=O)O)n1cc[nH]c1=O. The van der Waals surface area contributed by atoms with Crippen LogP contribution in [-0.2, 0) is 4.79 Å². The molecule has 0 bridgehead atoms. The minimum absolute atomic E-state index is 0.0742. The fourth-order valence-electron chi connectivity index (χ4n) is 1.15. The van der Waals surface area contributed by atoms with Crippen molar-refractivity contribution in [3.63, 3.8) is 0 Å². The van der Waals surface area contributed by atoms with Crippen LogP contribution in [0.15, 0.2) is 17.2 Å². The lowest BCUT2D eigenvalue weighted by molar-refractivity contribution is -0.137. The highest BCUT2D eigenvalue weighted by Crippen LogP contribution is 2.09. The Labute approximate surface area is 75.0 Å². The van der Waals surface area contributed by atoms with Crippen LogP contribution in [0.2, 0.25) is 0 Å². The molecule has 0 aromatic carbocycles. The van der Waals surface area contributed by atoms with E-state index in [-0.39, 0.29) is 18.2 Å². The zero-order chi connectivity index (χ0) is 9.84. The van der Waals surface area contributed by atoms with E-state index in [9.17, 15) is 9.59 Å². The number of aromatic nitrogens is 2. The molecule has 0 fully saturated rings. The molecule has 1 aromatic rings. The van der Waals surface area contributed by atoms with Crippen molar-refractivity contribution in [3.05, 3.63) is 22.9 Å². The number of carbonyl (C=O) groups is 1. The molecular weight excluding hydrogens is 172 g/mol. The Kier molecular flexibility index (Phi) is 2.89. The van der Waals surface area contributed by atoms with E-state index in [1.165, 1.54) is 4.57 Å². The summed E-state index contributed by atoms with van der Waals surface area (Å²) in [4.78, 5) is 23.8. The van der Waals surface area contributed by atoms with Crippen molar-refractivity contribution in [2.24, 2.45) is 0 Å². The van der Waals surface area contributed by atoms with Crippen LogP contribution < -0.4 is 5.69 Å². The van der Waals surface area contributed by atoms with Gasteiger partial charge < -0.3 is 10.1 Å². The second-order valence-electron chi connectivity index (χ2n) is 2.95. The molecule has 5 heteroatoms. The van der Waals surface area contributed by atoms with Crippen molar-refractivity contribution in [3.8, 4) is 0 Å². The summed E-state index contributed by atoms with van der Waals surface area (Å²) >= 11 is 0. The predicted octanol–water partition coefficient (Wildman–Crippen LogP) is 0.602. The minimum atomic E-state index is -0.838. The standard InChI is InChI=1S/C8H12N2O3/c1-6(2-3-7(11)12)10-5-4-9-8(10)13/h4-6H,2-3H2,1H3,(H,9,13)(H,11,12). The summed E-state index contributed by atoms with van der Waals surface area (Å²) in [5.74, 6) is -0.838. The van der Waals surface area contributed by atoms with Gasteiger partial charge in [0.15, 0.2) is 0 Å². The van der Waals surface area contributed by atoms with E-state index in [0.717, 1.165) is 0 Å². The Morgan fingerprint density at radius 1 is 1.77 bits per heavy atom. The lowest BCUT2D eigenvalue weighted by Crippen LogP contribution is -2.20. The molecule has 0 aliphatic heterocycles. The summed E-state index contributed by atoms with van der Waals surface area (Å²) in [6, 6.07) is -0.0742. The Balaban J connectivity index is 2.59. The van der Waals surface area contributed by atoms with E-state index in [2.05, 4.69) is 4.98 Å². The smallest absolute Gasteiger partial charge is 0.325 e. The first-order chi connectivity index (χ1) is 6.11. The van der Waals surface area contributed by atoms with Crippen molar-refractivity contribution < 1.29 is 9.90 Å². The van der Waals surface area contributed by atoms with Gasteiger partial charge in [0.1, 0.15) is 0 Å². The molecular formula is C8H12N2O3. The number of hydrogen-bond donors (Lipinski definition) is 2. The number of hydrogen-bond acceptors (Lipinski definition) is 2. The molecule has 1 rings (SSSR count). The Hall–Kier alpha value is -1.52. The second kappa shape index (κ2) is 3.93. The first-order valence-corrected chi connectivity index (χ1v) is 4.08. The number of imidazole rings is 1. The Morgan fingerprint density at radius 2 is 2.46 bits per heavy atom. The summed E-state index contributed by atoms with van der Waals surface area (Å²) in [7, 11) is 0. The number of carboxylic acid groups (broad SMARTS) is 1. The number of carboxylic acids is 1. The average Bonchev–Trinajstić information content (AvgIpc) is 2.47. The monoisotopic (exact) mass is 184 g/mol. The van der Waals surface area contributed by atoms with Crippen LogP contribution >= 0.6 is 0 Å². The van der Waals surface area contributed by atoms with E-state index < -0.39 is 5.97 Å². The fraction of sp³-hybridized carbons (Fsp3) is 0.500. The summed E-state index contributed by atoms with van der Waals surface area (Å²) in [6.07, 6.45) is 3.71. The molecule has 5 nitrogen and oxygen atoms in total. The van der Waals surface area contributed by atoms with Gasteiger partial charge in [-0.05, 0) is 13.3 Å². The third-order valence-electron chi connectivity index (χ3n) is 1.93. The largest absolute Gasteiger partial charge is 0.481 e. The van der Waals surface area contributed by atoms with Crippen LogP contribution in [0.1, 0.15) is 25.8 Å². The van der Waals surface area contributed by atoms with Gasteiger partial charge in [-0.1, -0.05) is 0 Å². The Bertz CT molecular complexity index is 339. The number of aromatic amines is 1. The van der Waals surface area contributed by atoms with E-state index in [1.807, 2.05) is 6.92 Å². The molecule has 13 heavy (non-hydrogen) atoms. The number of nitrogens with zero attached hydrogens (tertiary/aromatic N) is 1.